The largest absolute Gasteiger partial charge is 0.496 e. The maximum absolute atomic E-state index is 9.26. The Morgan fingerprint density at radius 3 is 2.59 bits per heavy atom. The Kier molecular flexibility index (Phi) is 5.41. The zero-order chi connectivity index (χ0) is 12.8. The topological polar surface area (TPSA) is 58.7 Å². The molecule has 0 fully saturated rings. The zero-order valence-corrected chi connectivity index (χ0v) is 10.8. The third-order valence-corrected chi connectivity index (χ3v) is 2.77. The highest BCUT2D eigenvalue weighted by atomic mass is 16.5. The van der Waals surface area contributed by atoms with Crippen molar-refractivity contribution in [2.24, 2.45) is 5.73 Å². The highest BCUT2D eigenvalue weighted by Crippen LogP contribution is 2.24. The molecule has 3 N–H and O–H groups in total. The van der Waals surface area contributed by atoms with Crippen LogP contribution in [0.5, 0.6) is 5.75 Å². The van der Waals surface area contributed by atoms with Gasteiger partial charge in [-0.15, -0.1) is 0 Å². The smallest absolute Gasteiger partial charge is 0.123 e. The van der Waals surface area contributed by atoms with Gasteiger partial charge in [0.15, 0.2) is 0 Å². The monoisotopic (exact) mass is 238 g/mol. The van der Waals surface area contributed by atoms with Gasteiger partial charge in [-0.1, -0.05) is 12.1 Å². The fraction of sp³-hybridized carbons (Fsp3) is 0.538. The first-order chi connectivity index (χ1) is 8.12. The van der Waals surface area contributed by atoms with Gasteiger partial charge >= 0.3 is 0 Å². The molecule has 1 aromatic rings. The molecule has 0 aliphatic carbocycles. The SMILES string of the molecule is COc1ccc(C(CN)CO)cc1CN(C)C. The first-order valence-electron chi connectivity index (χ1n) is 5.74. The number of hydrogen-bond donors (Lipinski definition) is 2. The van der Waals surface area contributed by atoms with Gasteiger partial charge in [-0.2, -0.15) is 0 Å². The van der Waals surface area contributed by atoms with Gasteiger partial charge in [-0.05, 0) is 25.7 Å². The lowest BCUT2D eigenvalue weighted by Crippen LogP contribution is -2.17. The highest BCUT2D eigenvalue weighted by molar-refractivity contribution is 5.38. The molecule has 4 nitrogen and oxygen atoms in total. The van der Waals surface area contributed by atoms with Gasteiger partial charge in [0.1, 0.15) is 5.75 Å². The summed E-state index contributed by atoms with van der Waals surface area (Å²) < 4.78 is 5.33. The van der Waals surface area contributed by atoms with Crippen LogP contribution in [0.1, 0.15) is 17.0 Å². The maximum atomic E-state index is 9.26. The molecule has 1 atom stereocenters. The summed E-state index contributed by atoms with van der Waals surface area (Å²) in [5.41, 5.74) is 7.81. The normalized spacial score (nSPS) is 12.8. The average molecular weight is 238 g/mol. The molecule has 0 bridgehead atoms. The summed E-state index contributed by atoms with van der Waals surface area (Å²) in [5.74, 6) is 0.873. The summed E-state index contributed by atoms with van der Waals surface area (Å²) in [6.45, 7) is 1.33. The number of rotatable bonds is 6. The van der Waals surface area contributed by atoms with Crippen molar-refractivity contribution in [1.29, 1.82) is 0 Å². The van der Waals surface area contributed by atoms with Crippen molar-refractivity contribution in [2.75, 3.05) is 34.4 Å². The third kappa shape index (κ3) is 3.70. The summed E-state index contributed by atoms with van der Waals surface area (Å²) in [6.07, 6.45) is 0. The second-order valence-corrected chi connectivity index (χ2v) is 4.42. The number of hydrogen-bond acceptors (Lipinski definition) is 4. The molecule has 0 heterocycles. The van der Waals surface area contributed by atoms with E-state index >= 15 is 0 Å². The van der Waals surface area contributed by atoms with Gasteiger partial charge in [0.25, 0.3) is 0 Å². The molecule has 17 heavy (non-hydrogen) atoms. The molecule has 0 saturated heterocycles. The number of aliphatic hydroxyl groups excluding tert-OH is 1. The zero-order valence-electron chi connectivity index (χ0n) is 10.8. The lowest BCUT2D eigenvalue weighted by Gasteiger charge is -2.17. The lowest BCUT2D eigenvalue weighted by molar-refractivity contribution is 0.267. The molecule has 0 aliphatic heterocycles. The summed E-state index contributed by atoms with van der Waals surface area (Å²) in [4.78, 5) is 2.08. The number of aliphatic hydroxyl groups is 1. The summed E-state index contributed by atoms with van der Waals surface area (Å²) in [7, 11) is 5.69. The third-order valence-electron chi connectivity index (χ3n) is 2.77. The predicted octanol–water partition coefficient (Wildman–Crippen LogP) is 0.791. The minimum absolute atomic E-state index is 0.00168. The van der Waals surface area contributed by atoms with Crippen molar-refractivity contribution in [3.63, 3.8) is 0 Å². The van der Waals surface area contributed by atoms with Crippen LogP contribution in [-0.4, -0.2) is 44.4 Å². The second kappa shape index (κ2) is 6.59. The molecular formula is C13H22N2O2. The Morgan fingerprint density at radius 1 is 1.41 bits per heavy atom. The molecule has 0 aromatic heterocycles. The van der Waals surface area contributed by atoms with Crippen LogP contribution >= 0.6 is 0 Å². The Labute approximate surface area is 103 Å². The van der Waals surface area contributed by atoms with Crippen LogP contribution < -0.4 is 10.5 Å². The molecule has 0 spiro atoms. The molecular weight excluding hydrogens is 216 g/mol. The van der Waals surface area contributed by atoms with Crippen molar-refractivity contribution in [3.8, 4) is 5.75 Å². The second-order valence-electron chi connectivity index (χ2n) is 4.42. The molecule has 96 valence electrons. The van der Waals surface area contributed by atoms with E-state index in [4.69, 9.17) is 10.5 Å². The van der Waals surface area contributed by atoms with Crippen LogP contribution in [0.4, 0.5) is 0 Å². The van der Waals surface area contributed by atoms with E-state index in [1.165, 1.54) is 0 Å². The quantitative estimate of drug-likeness (QED) is 0.769. The van der Waals surface area contributed by atoms with E-state index in [9.17, 15) is 5.11 Å². The van der Waals surface area contributed by atoms with Crippen LogP contribution in [0.25, 0.3) is 0 Å². The van der Waals surface area contributed by atoms with Crippen LogP contribution in [0.3, 0.4) is 0 Å². The number of methoxy groups -OCH3 is 1. The van der Waals surface area contributed by atoms with Crippen molar-refractivity contribution in [2.45, 2.75) is 12.5 Å². The Bertz CT molecular complexity index is 349. The first kappa shape index (κ1) is 14.0. The fourth-order valence-corrected chi connectivity index (χ4v) is 1.83. The highest BCUT2D eigenvalue weighted by Gasteiger charge is 2.12. The Morgan fingerprint density at radius 2 is 2.12 bits per heavy atom. The van der Waals surface area contributed by atoms with Gasteiger partial charge in [-0.3, -0.25) is 0 Å². The van der Waals surface area contributed by atoms with E-state index in [0.717, 1.165) is 23.4 Å². The van der Waals surface area contributed by atoms with Gasteiger partial charge < -0.3 is 20.5 Å². The molecule has 0 saturated carbocycles. The van der Waals surface area contributed by atoms with Crippen molar-refractivity contribution >= 4 is 0 Å². The van der Waals surface area contributed by atoms with E-state index in [0.29, 0.717) is 6.54 Å². The standard InChI is InChI=1S/C13H22N2O2/c1-15(2)8-11-6-10(12(7-14)9-16)4-5-13(11)17-3/h4-6,12,16H,7-9,14H2,1-3H3. The van der Waals surface area contributed by atoms with Gasteiger partial charge in [0, 0.05) is 24.6 Å². The van der Waals surface area contributed by atoms with E-state index in [1.807, 2.05) is 26.2 Å². The number of ether oxygens (including phenoxy) is 1. The van der Waals surface area contributed by atoms with Crippen LogP contribution in [0.15, 0.2) is 18.2 Å². The van der Waals surface area contributed by atoms with Crippen LogP contribution in [0, 0.1) is 0 Å². The van der Waals surface area contributed by atoms with Gasteiger partial charge in [0.2, 0.25) is 0 Å². The predicted molar refractivity (Wildman–Crippen MR) is 69.3 cm³/mol. The summed E-state index contributed by atoms with van der Waals surface area (Å²) in [6, 6.07) is 5.96. The van der Waals surface area contributed by atoms with E-state index < -0.39 is 0 Å². The van der Waals surface area contributed by atoms with Crippen molar-refractivity contribution < 1.29 is 9.84 Å². The van der Waals surface area contributed by atoms with E-state index in [1.54, 1.807) is 7.11 Å². The maximum Gasteiger partial charge on any atom is 0.123 e. The number of nitrogens with two attached hydrogens (primary N) is 1. The molecule has 1 unspecified atom stereocenters. The first-order valence-corrected chi connectivity index (χ1v) is 5.74. The molecule has 0 aliphatic rings. The molecule has 0 amide bonds. The number of benzene rings is 1. The Hall–Kier alpha value is -1.10. The molecule has 4 heteroatoms. The minimum atomic E-state index is 0.00168. The summed E-state index contributed by atoms with van der Waals surface area (Å²) in [5, 5.41) is 9.26. The lowest BCUT2D eigenvalue weighted by atomic mass is 9.97. The van der Waals surface area contributed by atoms with E-state index in [2.05, 4.69) is 11.0 Å². The summed E-state index contributed by atoms with van der Waals surface area (Å²) >= 11 is 0. The Balaban J connectivity index is 3.03. The fourth-order valence-electron chi connectivity index (χ4n) is 1.83. The van der Waals surface area contributed by atoms with Crippen molar-refractivity contribution in [3.05, 3.63) is 29.3 Å². The average Bonchev–Trinajstić information content (AvgIpc) is 2.30. The van der Waals surface area contributed by atoms with Crippen LogP contribution in [-0.2, 0) is 6.54 Å². The van der Waals surface area contributed by atoms with Crippen LogP contribution in [0.2, 0.25) is 0 Å². The van der Waals surface area contributed by atoms with E-state index in [-0.39, 0.29) is 12.5 Å². The molecule has 1 rings (SSSR count). The van der Waals surface area contributed by atoms with Gasteiger partial charge in [0.05, 0.1) is 13.7 Å². The minimum Gasteiger partial charge on any atom is -0.496 e. The molecule has 1 aromatic carbocycles. The van der Waals surface area contributed by atoms with Gasteiger partial charge in [-0.25, -0.2) is 0 Å². The number of nitrogens with zero attached hydrogens (tertiary/aromatic N) is 1. The molecule has 0 radical (unpaired) electrons. The van der Waals surface area contributed by atoms with Crippen molar-refractivity contribution in [1.82, 2.24) is 4.90 Å².